The van der Waals surface area contributed by atoms with Gasteiger partial charge in [-0.05, 0) is 92.5 Å². The molecular weight excluding hydrogens is 604 g/mol. The summed E-state index contributed by atoms with van der Waals surface area (Å²) in [6, 6.07) is 27.4. The van der Waals surface area contributed by atoms with E-state index in [0.29, 0.717) is 45.9 Å². The second kappa shape index (κ2) is 15.4. The molecule has 1 heterocycles. The molecule has 0 aliphatic carbocycles. The number of hydrogen-bond donors (Lipinski definition) is 2. The summed E-state index contributed by atoms with van der Waals surface area (Å²) >= 11 is 1.54. The smallest absolute Gasteiger partial charge is 0.251 e. The fourth-order valence-electron chi connectivity index (χ4n) is 4.59. The largest absolute Gasteiger partial charge is 0.493 e. The number of methoxy groups -OCH3 is 2. The Bertz CT molecular complexity index is 1840. The van der Waals surface area contributed by atoms with Crippen molar-refractivity contribution in [2.24, 2.45) is 0 Å². The van der Waals surface area contributed by atoms with Crippen molar-refractivity contribution in [3.8, 4) is 34.3 Å². The van der Waals surface area contributed by atoms with Crippen LogP contribution in [-0.2, 0) is 0 Å². The predicted octanol–water partition coefficient (Wildman–Crippen LogP) is 6.66. The molecule has 0 radical (unpaired) electrons. The van der Waals surface area contributed by atoms with Crippen molar-refractivity contribution in [3.05, 3.63) is 112 Å². The fraction of sp³-hybridized carbons (Fsp3) is 0.222. The summed E-state index contributed by atoms with van der Waals surface area (Å²) in [6.45, 7) is 4.78. The minimum atomic E-state index is -0.291. The van der Waals surface area contributed by atoms with Crippen molar-refractivity contribution < 1.29 is 28.2 Å². The minimum Gasteiger partial charge on any atom is -0.493 e. The second-order valence-electron chi connectivity index (χ2n) is 10.5. The molecule has 0 bridgehead atoms. The number of carbonyl (C=O) groups excluding carboxylic acids is 1. The molecule has 0 spiro atoms. The monoisotopic (exact) mass is 640 g/mol. The highest BCUT2D eigenvalue weighted by Gasteiger charge is 2.19. The number of carbonyl (C=O) groups is 1. The van der Waals surface area contributed by atoms with Crippen molar-refractivity contribution in [3.63, 3.8) is 0 Å². The van der Waals surface area contributed by atoms with Crippen LogP contribution in [0.5, 0.6) is 23.0 Å². The third-order valence-electron chi connectivity index (χ3n) is 7.08. The van der Waals surface area contributed by atoms with Gasteiger partial charge in [0.15, 0.2) is 17.3 Å². The number of hydrogen-bond acceptors (Lipinski definition) is 9. The Morgan fingerprint density at radius 1 is 0.870 bits per heavy atom. The lowest BCUT2D eigenvalue weighted by Gasteiger charge is -2.15. The molecule has 5 aromatic rings. The van der Waals surface area contributed by atoms with Gasteiger partial charge in [-0.1, -0.05) is 29.8 Å². The van der Waals surface area contributed by atoms with Gasteiger partial charge < -0.3 is 28.7 Å². The highest BCUT2D eigenvalue weighted by molar-refractivity contribution is 7.97. The Morgan fingerprint density at radius 3 is 2.33 bits per heavy atom. The molecule has 1 amide bonds. The van der Waals surface area contributed by atoms with Gasteiger partial charge in [-0.25, -0.2) is 0 Å². The van der Waals surface area contributed by atoms with Crippen LogP contribution in [0.3, 0.4) is 0 Å². The molecule has 4 aromatic carbocycles. The molecule has 0 saturated heterocycles. The molecule has 0 saturated carbocycles. The van der Waals surface area contributed by atoms with E-state index >= 15 is 0 Å². The van der Waals surface area contributed by atoms with E-state index in [1.807, 2.05) is 6.92 Å². The van der Waals surface area contributed by atoms with E-state index in [0.717, 1.165) is 4.90 Å². The quantitative estimate of drug-likeness (QED) is 0.102. The maximum absolute atomic E-state index is 13.4. The van der Waals surface area contributed by atoms with Gasteiger partial charge in [0.25, 0.3) is 5.91 Å². The topological polar surface area (TPSA) is 108 Å². The van der Waals surface area contributed by atoms with E-state index in [1.165, 1.54) is 24.6 Å². The van der Waals surface area contributed by atoms with Crippen LogP contribution in [0.1, 0.15) is 22.8 Å². The summed E-state index contributed by atoms with van der Waals surface area (Å²) < 4.78 is 32.1. The Morgan fingerprint density at radius 2 is 1.59 bits per heavy atom. The van der Waals surface area contributed by atoms with Crippen LogP contribution < -0.4 is 34.4 Å². The molecule has 10 heteroatoms. The molecule has 1 aromatic heterocycles. The van der Waals surface area contributed by atoms with Gasteiger partial charge in [0, 0.05) is 28.6 Å². The van der Waals surface area contributed by atoms with Crippen molar-refractivity contribution in [2.75, 3.05) is 34.0 Å². The summed E-state index contributed by atoms with van der Waals surface area (Å²) in [4.78, 5) is 27.2. The minimum absolute atomic E-state index is 0.0650. The van der Waals surface area contributed by atoms with Gasteiger partial charge in [-0.2, -0.15) is 0 Å². The zero-order valence-corrected chi connectivity index (χ0v) is 26.9. The molecule has 0 aliphatic heterocycles. The van der Waals surface area contributed by atoms with Crippen LogP contribution in [-0.4, -0.2) is 45.9 Å². The number of ether oxygens (including phenoxy) is 4. The Labute approximate surface area is 272 Å². The second-order valence-corrected chi connectivity index (χ2v) is 11.4. The first-order valence-corrected chi connectivity index (χ1v) is 15.6. The highest BCUT2D eigenvalue weighted by Crippen LogP contribution is 2.36. The summed E-state index contributed by atoms with van der Waals surface area (Å²) in [5.74, 6) is 1.78. The standard InChI is InChI=1S/C36H36N2O7S/c1-23-9-16-28(17-10-23)46-38-24(2)22-37-36(40)25-11-14-27(15-12-25)43-19-20-44-35-33(39)29-7-5-6-8-30(29)45-34(35)26-13-18-31(41-3)32(21-26)42-4/h5-18,21,24,38H,19-20,22H2,1-4H3,(H,37,40). The molecule has 0 aliphatic rings. The van der Waals surface area contributed by atoms with Crippen LogP contribution >= 0.6 is 11.9 Å². The first kappa shape index (κ1) is 32.5. The normalized spacial score (nSPS) is 11.6. The zero-order valence-electron chi connectivity index (χ0n) is 26.1. The SMILES string of the molecule is COc1ccc(-c2oc3ccccc3c(=O)c2OCCOc2ccc(C(=O)NCC(C)NSc3ccc(C)cc3)cc2)cc1OC. The van der Waals surface area contributed by atoms with Crippen LogP contribution in [0.4, 0.5) is 0 Å². The Hall–Kier alpha value is -4.93. The van der Waals surface area contributed by atoms with Gasteiger partial charge >= 0.3 is 0 Å². The Kier molecular flexibility index (Phi) is 10.9. The molecule has 5 rings (SSSR count). The van der Waals surface area contributed by atoms with Crippen LogP contribution in [0.15, 0.2) is 105 Å². The van der Waals surface area contributed by atoms with Gasteiger partial charge in [-0.15, -0.1) is 0 Å². The number of benzene rings is 4. The third-order valence-corrected chi connectivity index (χ3v) is 8.11. The van der Waals surface area contributed by atoms with E-state index in [-0.39, 0.29) is 42.1 Å². The number of nitrogens with one attached hydrogen (secondary N) is 2. The van der Waals surface area contributed by atoms with Crippen molar-refractivity contribution >= 4 is 28.8 Å². The van der Waals surface area contributed by atoms with E-state index in [2.05, 4.69) is 41.2 Å². The van der Waals surface area contributed by atoms with Crippen LogP contribution in [0.2, 0.25) is 0 Å². The lowest BCUT2D eigenvalue weighted by Crippen LogP contribution is -2.36. The molecule has 1 atom stereocenters. The van der Waals surface area contributed by atoms with E-state index in [9.17, 15) is 9.59 Å². The maximum Gasteiger partial charge on any atom is 0.251 e. The van der Waals surface area contributed by atoms with Crippen LogP contribution in [0.25, 0.3) is 22.3 Å². The Balaban J connectivity index is 1.17. The first-order valence-electron chi connectivity index (χ1n) is 14.8. The number of para-hydroxylation sites is 1. The zero-order chi connectivity index (χ0) is 32.5. The summed E-state index contributed by atoms with van der Waals surface area (Å²) in [6.07, 6.45) is 0. The first-order chi connectivity index (χ1) is 22.4. The highest BCUT2D eigenvalue weighted by atomic mass is 32.2. The lowest BCUT2D eigenvalue weighted by atomic mass is 10.1. The molecular formula is C36H36N2O7S. The van der Waals surface area contributed by atoms with Crippen molar-refractivity contribution in [1.29, 1.82) is 0 Å². The molecule has 238 valence electrons. The molecule has 0 fully saturated rings. The van der Waals surface area contributed by atoms with E-state index in [1.54, 1.807) is 73.8 Å². The third kappa shape index (κ3) is 8.01. The summed E-state index contributed by atoms with van der Waals surface area (Å²) in [7, 11) is 3.09. The number of rotatable bonds is 14. The van der Waals surface area contributed by atoms with Gasteiger partial charge in [-0.3, -0.25) is 14.3 Å². The van der Waals surface area contributed by atoms with Gasteiger partial charge in [0.05, 0.1) is 19.6 Å². The van der Waals surface area contributed by atoms with Gasteiger partial charge in [0.1, 0.15) is 24.5 Å². The van der Waals surface area contributed by atoms with Crippen LogP contribution in [0, 0.1) is 6.92 Å². The van der Waals surface area contributed by atoms with E-state index < -0.39 is 0 Å². The average molecular weight is 641 g/mol. The molecule has 9 nitrogen and oxygen atoms in total. The van der Waals surface area contributed by atoms with Gasteiger partial charge in [0.2, 0.25) is 11.2 Å². The summed E-state index contributed by atoms with van der Waals surface area (Å²) in [5, 5.41) is 3.36. The number of aryl methyl sites for hydroxylation is 1. The molecule has 2 N–H and O–H groups in total. The fourth-order valence-corrected chi connectivity index (χ4v) is 5.29. The van der Waals surface area contributed by atoms with E-state index in [4.69, 9.17) is 23.4 Å². The predicted molar refractivity (Wildman–Crippen MR) is 180 cm³/mol. The van der Waals surface area contributed by atoms with Crippen molar-refractivity contribution in [2.45, 2.75) is 24.8 Å². The number of fused-ring (bicyclic) bond motifs is 1. The maximum atomic E-state index is 13.4. The summed E-state index contributed by atoms with van der Waals surface area (Å²) in [5.41, 5.74) is 2.48. The number of amides is 1. The van der Waals surface area contributed by atoms with Crippen molar-refractivity contribution in [1.82, 2.24) is 10.0 Å². The lowest BCUT2D eigenvalue weighted by molar-refractivity contribution is 0.0951. The average Bonchev–Trinajstić information content (AvgIpc) is 3.09. The molecule has 1 unspecified atom stereocenters. The molecule has 46 heavy (non-hydrogen) atoms.